The van der Waals surface area contributed by atoms with Gasteiger partial charge in [-0.25, -0.2) is 9.18 Å². The van der Waals surface area contributed by atoms with E-state index in [4.69, 9.17) is 5.73 Å². The molecule has 0 aliphatic rings. The lowest BCUT2D eigenvalue weighted by atomic mass is 9.98. The lowest BCUT2D eigenvalue weighted by Crippen LogP contribution is -2.30. The van der Waals surface area contributed by atoms with Crippen LogP contribution >= 0.6 is 0 Å². The van der Waals surface area contributed by atoms with Gasteiger partial charge in [0.15, 0.2) is 5.56 Å². The second kappa shape index (κ2) is 7.32. The molecular formula is C20H19FN2O5. The Morgan fingerprint density at radius 1 is 1.21 bits per heavy atom. The molecule has 1 unspecified atom stereocenters. The summed E-state index contributed by atoms with van der Waals surface area (Å²) in [4.78, 5) is 24.2. The van der Waals surface area contributed by atoms with E-state index in [9.17, 15) is 29.3 Å². The number of hydrogen-bond donors (Lipinski definition) is 4. The monoisotopic (exact) mass is 386 g/mol. The smallest absolute Gasteiger partial charge is 0.345 e. The first-order chi connectivity index (χ1) is 13.3. The van der Waals surface area contributed by atoms with E-state index < -0.39 is 35.5 Å². The van der Waals surface area contributed by atoms with Crippen LogP contribution in [0.1, 0.15) is 34.5 Å². The van der Waals surface area contributed by atoms with Crippen LogP contribution in [0.15, 0.2) is 41.2 Å². The summed E-state index contributed by atoms with van der Waals surface area (Å²) in [7, 11) is 0. The zero-order valence-corrected chi connectivity index (χ0v) is 15.0. The molecule has 0 radical (unpaired) electrons. The predicted molar refractivity (Wildman–Crippen MR) is 102 cm³/mol. The molecule has 1 heterocycles. The van der Waals surface area contributed by atoms with E-state index >= 15 is 0 Å². The summed E-state index contributed by atoms with van der Waals surface area (Å²) in [6.45, 7) is 1.14. The molecule has 0 fully saturated rings. The zero-order chi connectivity index (χ0) is 20.6. The topological polar surface area (TPSA) is 126 Å². The first kappa shape index (κ1) is 19.4. The standard InChI is InChI=1S/C20H19FN2O5/c1-10(9-24)23-14-7-4-12(8-11-2-5-13(21)6-3-11)17(22)15(14)18(25)16(19(23)26)20(27)28/h2-7,10,24-25H,8-9,22H2,1H3,(H,27,28). The van der Waals surface area contributed by atoms with Gasteiger partial charge in [0.25, 0.3) is 5.56 Å². The molecule has 0 bridgehead atoms. The minimum Gasteiger partial charge on any atom is -0.506 e. The quantitative estimate of drug-likeness (QED) is 0.499. The van der Waals surface area contributed by atoms with Crippen LogP contribution in [0.2, 0.25) is 0 Å². The second-order valence-electron chi connectivity index (χ2n) is 6.57. The highest BCUT2D eigenvalue weighted by atomic mass is 19.1. The van der Waals surface area contributed by atoms with Gasteiger partial charge in [-0.05, 0) is 42.7 Å². The highest BCUT2D eigenvalue weighted by Crippen LogP contribution is 2.35. The largest absolute Gasteiger partial charge is 0.506 e. The van der Waals surface area contributed by atoms with Crippen molar-refractivity contribution < 1.29 is 24.5 Å². The second-order valence-corrected chi connectivity index (χ2v) is 6.57. The van der Waals surface area contributed by atoms with Crippen LogP contribution < -0.4 is 11.3 Å². The number of benzene rings is 2. The van der Waals surface area contributed by atoms with Crippen molar-refractivity contribution in [2.45, 2.75) is 19.4 Å². The van der Waals surface area contributed by atoms with Crippen LogP contribution in [0, 0.1) is 5.82 Å². The number of carbonyl (C=O) groups is 1. The molecule has 1 atom stereocenters. The molecule has 5 N–H and O–H groups in total. The fourth-order valence-corrected chi connectivity index (χ4v) is 3.25. The number of halogens is 1. The highest BCUT2D eigenvalue weighted by Gasteiger charge is 2.25. The molecule has 146 valence electrons. The normalized spacial score (nSPS) is 12.2. The highest BCUT2D eigenvalue weighted by molar-refractivity contribution is 6.04. The summed E-state index contributed by atoms with van der Waals surface area (Å²) < 4.78 is 14.2. The number of fused-ring (bicyclic) bond motifs is 1. The van der Waals surface area contributed by atoms with Crippen molar-refractivity contribution in [1.29, 1.82) is 0 Å². The number of rotatable bonds is 5. The van der Waals surface area contributed by atoms with Crippen molar-refractivity contribution in [3.8, 4) is 5.75 Å². The van der Waals surface area contributed by atoms with Crippen molar-refractivity contribution in [2.75, 3.05) is 12.3 Å². The number of aromatic carboxylic acids is 1. The molecule has 7 nitrogen and oxygen atoms in total. The molecular weight excluding hydrogens is 367 g/mol. The SMILES string of the molecule is CC(CO)n1c(=O)c(C(=O)O)c(O)c2c(N)c(Cc3ccc(F)cc3)ccc21. The van der Waals surface area contributed by atoms with E-state index in [1.165, 1.54) is 12.1 Å². The number of carboxylic acids is 1. The van der Waals surface area contributed by atoms with Crippen LogP contribution in [0.3, 0.4) is 0 Å². The molecule has 1 aromatic heterocycles. The van der Waals surface area contributed by atoms with Gasteiger partial charge in [0.05, 0.1) is 23.6 Å². The van der Waals surface area contributed by atoms with E-state index in [0.717, 1.165) is 10.1 Å². The van der Waals surface area contributed by atoms with Gasteiger partial charge in [-0.2, -0.15) is 0 Å². The third kappa shape index (κ3) is 3.18. The Bertz CT molecular complexity index is 1120. The van der Waals surface area contributed by atoms with E-state index in [-0.39, 0.29) is 22.4 Å². The van der Waals surface area contributed by atoms with E-state index in [1.807, 2.05) is 0 Å². The van der Waals surface area contributed by atoms with Crippen molar-refractivity contribution in [1.82, 2.24) is 4.57 Å². The van der Waals surface area contributed by atoms with Crippen LogP contribution in [0.5, 0.6) is 5.75 Å². The third-order valence-electron chi connectivity index (χ3n) is 4.71. The number of aromatic hydroxyl groups is 1. The Balaban J connectivity index is 2.30. The first-order valence-electron chi connectivity index (χ1n) is 8.53. The molecule has 8 heteroatoms. The van der Waals surface area contributed by atoms with Crippen LogP contribution in [0.25, 0.3) is 10.9 Å². The lowest BCUT2D eigenvalue weighted by molar-refractivity contribution is 0.0690. The molecule has 0 saturated carbocycles. The van der Waals surface area contributed by atoms with Gasteiger partial charge in [-0.15, -0.1) is 0 Å². The molecule has 3 rings (SSSR count). The number of aromatic nitrogens is 1. The van der Waals surface area contributed by atoms with Crippen molar-refractivity contribution in [3.63, 3.8) is 0 Å². The van der Waals surface area contributed by atoms with Crippen LogP contribution in [0.4, 0.5) is 10.1 Å². The summed E-state index contributed by atoms with van der Waals surface area (Å²) >= 11 is 0. The molecule has 0 saturated heterocycles. The number of aliphatic hydroxyl groups is 1. The van der Waals surface area contributed by atoms with Gasteiger partial charge >= 0.3 is 5.97 Å². The zero-order valence-electron chi connectivity index (χ0n) is 15.0. The summed E-state index contributed by atoms with van der Waals surface area (Å²) in [6.07, 6.45) is 0.318. The molecule has 0 aliphatic heterocycles. The summed E-state index contributed by atoms with van der Waals surface area (Å²) in [5.74, 6) is -2.68. The average molecular weight is 386 g/mol. The molecule has 0 aliphatic carbocycles. The number of carboxylic acid groups (broad SMARTS) is 1. The lowest BCUT2D eigenvalue weighted by Gasteiger charge is -2.20. The Morgan fingerprint density at radius 3 is 2.43 bits per heavy atom. The molecule has 0 amide bonds. The average Bonchev–Trinajstić information content (AvgIpc) is 2.64. The molecule has 0 spiro atoms. The van der Waals surface area contributed by atoms with Crippen molar-refractivity contribution >= 4 is 22.6 Å². The fourth-order valence-electron chi connectivity index (χ4n) is 3.25. The van der Waals surface area contributed by atoms with E-state index in [2.05, 4.69) is 0 Å². The van der Waals surface area contributed by atoms with Crippen molar-refractivity contribution in [3.05, 3.63) is 69.3 Å². The number of pyridine rings is 1. The van der Waals surface area contributed by atoms with Crippen LogP contribution in [-0.2, 0) is 6.42 Å². The Kier molecular flexibility index (Phi) is 5.06. The number of nitrogen functional groups attached to an aromatic ring is 1. The Morgan fingerprint density at radius 2 is 1.86 bits per heavy atom. The van der Waals surface area contributed by atoms with E-state index in [1.54, 1.807) is 31.2 Å². The van der Waals surface area contributed by atoms with Gasteiger partial charge in [0.2, 0.25) is 0 Å². The van der Waals surface area contributed by atoms with Gasteiger partial charge in [0.1, 0.15) is 11.6 Å². The Labute approximate surface area is 159 Å². The third-order valence-corrected chi connectivity index (χ3v) is 4.71. The molecule has 2 aromatic carbocycles. The fraction of sp³-hybridized carbons (Fsp3) is 0.200. The molecule has 28 heavy (non-hydrogen) atoms. The predicted octanol–water partition coefficient (Wildman–Crippen LogP) is 2.27. The Hall–Kier alpha value is -3.39. The summed E-state index contributed by atoms with van der Waals surface area (Å²) in [5.41, 5.74) is 6.16. The van der Waals surface area contributed by atoms with Crippen LogP contribution in [-0.4, -0.2) is 32.5 Å². The number of nitrogens with zero attached hydrogens (tertiary/aromatic N) is 1. The van der Waals surface area contributed by atoms with Gasteiger partial charge < -0.3 is 25.6 Å². The van der Waals surface area contributed by atoms with E-state index in [0.29, 0.717) is 12.0 Å². The maximum absolute atomic E-state index is 13.1. The first-order valence-corrected chi connectivity index (χ1v) is 8.53. The van der Waals surface area contributed by atoms with Crippen molar-refractivity contribution in [2.24, 2.45) is 0 Å². The maximum Gasteiger partial charge on any atom is 0.345 e. The van der Waals surface area contributed by atoms with Gasteiger partial charge in [0, 0.05) is 5.69 Å². The minimum atomic E-state index is -1.59. The minimum absolute atomic E-state index is 0.0249. The number of nitrogens with two attached hydrogens (primary N) is 1. The summed E-state index contributed by atoms with van der Waals surface area (Å²) in [5, 5.41) is 29.4. The number of aliphatic hydroxyl groups excluding tert-OH is 1. The summed E-state index contributed by atoms with van der Waals surface area (Å²) in [6, 6.07) is 8.29. The molecule has 3 aromatic rings. The number of anilines is 1. The van der Waals surface area contributed by atoms with Gasteiger partial charge in [-0.1, -0.05) is 18.2 Å². The van der Waals surface area contributed by atoms with Gasteiger partial charge in [-0.3, -0.25) is 4.79 Å². The number of hydrogen-bond acceptors (Lipinski definition) is 5. The maximum atomic E-state index is 13.1.